The van der Waals surface area contributed by atoms with Crippen LogP contribution in [0, 0.1) is 4.64 Å². The zero-order valence-corrected chi connectivity index (χ0v) is 11.6. The van der Waals surface area contributed by atoms with E-state index in [0.29, 0.717) is 17.9 Å². The summed E-state index contributed by atoms with van der Waals surface area (Å²) in [6.45, 7) is 0.557. The molecule has 7 heteroatoms. The fraction of sp³-hybridized carbons (Fsp3) is 0.286. The van der Waals surface area contributed by atoms with E-state index < -0.39 is 12.0 Å². The van der Waals surface area contributed by atoms with Gasteiger partial charge < -0.3 is 9.72 Å². The lowest BCUT2D eigenvalue weighted by Gasteiger charge is -2.20. The molecule has 1 aromatic heterocycles. The van der Waals surface area contributed by atoms with Gasteiger partial charge in [0, 0.05) is 5.56 Å². The molecule has 1 N–H and O–H groups in total. The molecule has 0 saturated carbocycles. The summed E-state index contributed by atoms with van der Waals surface area (Å²) in [4.78, 5) is 5.64. The number of para-hydroxylation sites is 1. The molecule has 0 amide bonds. The molecule has 0 bridgehead atoms. The molecular weight excluding hydrogens is 301 g/mol. The summed E-state index contributed by atoms with van der Waals surface area (Å²) in [5.74, 6) is -0.480. The van der Waals surface area contributed by atoms with E-state index in [2.05, 4.69) is 9.97 Å². The van der Waals surface area contributed by atoms with Crippen LogP contribution < -0.4 is 4.74 Å². The van der Waals surface area contributed by atoms with Crippen molar-refractivity contribution in [2.24, 2.45) is 0 Å². The molecule has 0 atom stereocenters. The SMILES string of the molecule is FC(F)(F)c1nc(=S)cc(-c2cccc3c2OCCC3)[nH]1. The van der Waals surface area contributed by atoms with Gasteiger partial charge in [0.2, 0.25) is 5.82 Å². The molecule has 1 aromatic carbocycles. The van der Waals surface area contributed by atoms with Gasteiger partial charge in [-0.25, -0.2) is 4.98 Å². The van der Waals surface area contributed by atoms with Gasteiger partial charge in [0.25, 0.3) is 0 Å². The van der Waals surface area contributed by atoms with E-state index >= 15 is 0 Å². The molecule has 21 heavy (non-hydrogen) atoms. The number of aromatic nitrogens is 2. The van der Waals surface area contributed by atoms with Crippen molar-refractivity contribution in [2.45, 2.75) is 19.0 Å². The van der Waals surface area contributed by atoms with E-state index in [9.17, 15) is 13.2 Å². The van der Waals surface area contributed by atoms with E-state index in [1.54, 1.807) is 12.1 Å². The maximum Gasteiger partial charge on any atom is 0.449 e. The largest absolute Gasteiger partial charge is 0.493 e. The summed E-state index contributed by atoms with van der Waals surface area (Å²) >= 11 is 4.84. The number of aryl methyl sites for hydroxylation is 1. The number of hydrogen-bond donors (Lipinski definition) is 1. The smallest absolute Gasteiger partial charge is 0.449 e. The van der Waals surface area contributed by atoms with Gasteiger partial charge >= 0.3 is 6.18 Å². The Morgan fingerprint density at radius 2 is 2.10 bits per heavy atom. The second-order valence-corrected chi connectivity index (χ2v) is 5.14. The Balaban J connectivity index is 2.17. The number of nitrogens with one attached hydrogen (secondary N) is 1. The molecule has 0 spiro atoms. The second kappa shape index (κ2) is 5.14. The quantitative estimate of drug-likeness (QED) is 0.804. The van der Waals surface area contributed by atoms with E-state index in [1.165, 1.54) is 6.07 Å². The summed E-state index contributed by atoms with van der Waals surface area (Å²) in [5.41, 5.74) is 1.83. The molecule has 0 saturated heterocycles. The molecule has 3 rings (SSSR count). The van der Waals surface area contributed by atoms with E-state index in [4.69, 9.17) is 17.0 Å². The Morgan fingerprint density at radius 3 is 2.86 bits per heavy atom. The third kappa shape index (κ3) is 2.78. The minimum atomic E-state index is -4.57. The molecule has 0 aliphatic carbocycles. The molecule has 0 unspecified atom stereocenters. The van der Waals surface area contributed by atoms with Gasteiger partial charge in [0.1, 0.15) is 10.4 Å². The number of alkyl halides is 3. The van der Waals surface area contributed by atoms with Gasteiger partial charge in [-0.15, -0.1) is 0 Å². The summed E-state index contributed by atoms with van der Waals surface area (Å²) in [6.07, 6.45) is -2.82. The number of halogens is 3. The number of hydrogen-bond acceptors (Lipinski definition) is 3. The Labute approximate surface area is 123 Å². The number of ether oxygens (including phenoxy) is 1. The molecular formula is C14H11F3N2OS. The predicted octanol–water partition coefficient (Wildman–Crippen LogP) is 4.15. The number of rotatable bonds is 1. The maximum atomic E-state index is 12.8. The Hall–Kier alpha value is -1.89. The van der Waals surface area contributed by atoms with Crippen molar-refractivity contribution in [1.29, 1.82) is 0 Å². The maximum absolute atomic E-state index is 12.8. The lowest BCUT2D eigenvalue weighted by molar-refractivity contribution is -0.145. The average Bonchev–Trinajstić information content (AvgIpc) is 2.45. The topological polar surface area (TPSA) is 37.9 Å². The minimum absolute atomic E-state index is 0.107. The highest BCUT2D eigenvalue weighted by molar-refractivity contribution is 7.71. The van der Waals surface area contributed by atoms with Crippen LogP contribution >= 0.6 is 12.2 Å². The average molecular weight is 312 g/mol. The summed E-state index contributed by atoms with van der Waals surface area (Å²) in [6, 6.07) is 6.84. The predicted molar refractivity (Wildman–Crippen MR) is 73.7 cm³/mol. The van der Waals surface area contributed by atoms with Crippen LogP contribution in [0.25, 0.3) is 11.3 Å². The lowest BCUT2D eigenvalue weighted by Crippen LogP contribution is -2.13. The minimum Gasteiger partial charge on any atom is -0.493 e. The van der Waals surface area contributed by atoms with Crippen molar-refractivity contribution in [3.8, 4) is 17.0 Å². The summed E-state index contributed by atoms with van der Waals surface area (Å²) < 4.78 is 44.0. The van der Waals surface area contributed by atoms with Crippen LogP contribution in [0.3, 0.4) is 0 Å². The first-order valence-electron chi connectivity index (χ1n) is 6.39. The van der Waals surface area contributed by atoms with Crippen molar-refractivity contribution < 1.29 is 17.9 Å². The van der Waals surface area contributed by atoms with Crippen LogP contribution in [0.4, 0.5) is 13.2 Å². The number of fused-ring (bicyclic) bond motifs is 1. The van der Waals surface area contributed by atoms with Crippen molar-refractivity contribution in [1.82, 2.24) is 9.97 Å². The molecule has 0 radical (unpaired) electrons. The first kappa shape index (κ1) is 14.1. The zero-order valence-electron chi connectivity index (χ0n) is 10.8. The summed E-state index contributed by atoms with van der Waals surface area (Å²) in [5, 5.41) is 0. The van der Waals surface area contributed by atoms with Crippen LogP contribution in [-0.2, 0) is 12.6 Å². The lowest BCUT2D eigenvalue weighted by atomic mass is 10.0. The van der Waals surface area contributed by atoms with Crippen molar-refractivity contribution in [2.75, 3.05) is 6.61 Å². The highest BCUT2D eigenvalue weighted by Crippen LogP contribution is 2.36. The van der Waals surface area contributed by atoms with E-state index in [-0.39, 0.29) is 10.3 Å². The molecule has 0 fully saturated rings. The fourth-order valence-corrected chi connectivity index (χ4v) is 2.55. The highest BCUT2D eigenvalue weighted by Gasteiger charge is 2.34. The van der Waals surface area contributed by atoms with Gasteiger partial charge in [0.15, 0.2) is 0 Å². The third-order valence-corrected chi connectivity index (χ3v) is 3.44. The van der Waals surface area contributed by atoms with Crippen LogP contribution in [-0.4, -0.2) is 16.6 Å². The number of nitrogens with zero attached hydrogens (tertiary/aromatic N) is 1. The van der Waals surface area contributed by atoms with Crippen LogP contribution in [0.2, 0.25) is 0 Å². The zero-order chi connectivity index (χ0) is 15.0. The van der Waals surface area contributed by atoms with Crippen molar-refractivity contribution in [3.05, 3.63) is 40.3 Å². The third-order valence-electron chi connectivity index (χ3n) is 3.23. The molecule has 2 aromatic rings. The van der Waals surface area contributed by atoms with E-state index in [0.717, 1.165) is 18.4 Å². The molecule has 1 aliphatic heterocycles. The van der Waals surface area contributed by atoms with Crippen LogP contribution in [0.5, 0.6) is 5.75 Å². The second-order valence-electron chi connectivity index (χ2n) is 4.73. The molecule has 1 aliphatic rings. The standard InChI is InChI=1S/C14H11F3N2OS/c15-14(16,17)13-18-10(7-11(21)19-13)9-5-1-3-8-4-2-6-20-12(8)9/h1,3,5,7H,2,4,6H2,(H,18,19,21). The van der Waals surface area contributed by atoms with Gasteiger partial charge in [-0.3, -0.25) is 0 Å². The highest BCUT2D eigenvalue weighted by atomic mass is 32.1. The van der Waals surface area contributed by atoms with Gasteiger partial charge in [-0.2, -0.15) is 13.2 Å². The van der Waals surface area contributed by atoms with Gasteiger partial charge in [-0.05, 0) is 30.5 Å². The first-order valence-corrected chi connectivity index (χ1v) is 6.79. The summed E-state index contributed by atoms with van der Waals surface area (Å²) in [7, 11) is 0. The molecule has 110 valence electrons. The van der Waals surface area contributed by atoms with Crippen molar-refractivity contribution in [3.63, 3.8) is 0 Å². The van der Waals surface area contributed by atoms with Crippen molar-refractivity contribution >= 4 is 12.2 Å². The number of benzene rings is 1. The van der Waals surface area contributed by atoms with Gasteiger partial charge in [0.05, 0.1) is 12.3 Å². The van der Waals surface area contributed by atoms with Crippen LogP contribution in [0.15, 0.2) is 24.3 Å². The Kier molecular flexibility index (Phi) is 3.44. The van der Waals surface area contributed by atoms with Crippen LogP contribution in [0.1, 0.15) is 17.8 Å². The molecule has 3 nitrogen and oxygen atoms in total. The fourth-order valence-electron chi connectivity index (χ4n) is 2.34. The molecule has 2 heterocycles. The Bertz CT molecular complexity index is 740. The number of H-pyrrole nitrogens is 1. The monoisotopic (exact) mass is 312 g/mol. The normalized spacial score (nSPS) is 14.4. The van der Waals surface area contributed by atoms with E-state index in [1.807, 2.05) is 6.07 Å². The Morgan fingerprint density at radius 1 is 1.29 bits per heavy atom. The number of aromatic amines is 1. The first-order chi connectivity index (χ1) is 9.95. The van der Waals surface area contributed by atoms with Gasteiger partial charge in [-0.1, -0.05) is 24.4 Å².